The Bertz CT molecular complexity index is 609. The molecule has 4 heteroatoms. The summed E-state index contributed by atoms with van der Waals surface area (Å²) in [4.78, 5) is 27.1. The van der Waals surface area contributed by atoms with Gasteiger partial charge in [-0.2, -0.15) is 0 Å². The zero-order chi connectivity index (χ0) is 14.4. The summed E-state index contributed by atoms with van der Waals surface area (Å²) in [5.41, 5.74) is 2.27. The summed E-state index contributed by atoms with van der Waals surface area (Å²) in [7, 11) is 0. The molecule has 0 aliphatic rings. The molecule has 1 heterocycles. The largest absolute Gasteiger partial charge is 0.326 e. The maximum atomic E-state index is 11.9. The molecule has 0 saturated heterocycles. The number of ketones is 1. The van der Waals surface area contributed by atoms with Gasteiger partial charge < -0.3 is 5.32 Å². The highest BCUT2D eigenvalue weighted by Crippen LogP contribution is 2.12. The Morgan fingerprint density at radius 2 is 2.05 bits per heavy atom. The molecule has 1 amide bonds. The van der Waals surface area contributed by atoms with Crippen molar-refractivity contribution in [2.24, 2.45) is 0 Å². The minimum atomic E-state index is -0.0745. The molecule has 1 aromatic heterocycles. The van der Waals surface area contributed by atoms with E-state index in [1.165, 1.54) is 6.92 Å². The molecule has 0 fully saturated rings. The fourth-order valence-electron chi connectivity index (χ4n) is 1.84. The average molecular weight is 268 g/mol. The van der Waals surface area contributed by atoms with Gasteiger partial charge in [0.25, 0.3) is 0 Å². The number of aryl methyl sites for hydroxylation is 1. The number of aromatic nitrogens is 1. The number of amides is 1. The molecule has 1 N–H and O–H groups in total. The van der Waals surface area contributed by atoms with Gasteiger partial charge in [-0.25, -0.2) is 0 Å². The van der Waals surface area contributed by atoms with Gasteiger partial charge in [0.2, 0.25) is 5.91 Å². The van der Waals surface area contributed by atoms with Crippen molar-refractivity contribution in [3.8, 4) is 0 Å². The van der Waals surface area contributed by atoms with Crippen LogP contribution in [0.1, 0.15) is 29.3 Å². The number of carbonyl (C=O) groups excluding carboxylic acids is 2. The standard InChI is InChI=1S/C16H16N2O2/c1-12(19)14-5-2-6-15(10-14)18-16(20)8-7-13-4-3-9-17-11-13/h2-6,9-11H,7-8H2,1H3,(H,18,20). The van der Waals surface area contributed by atoms with Gasteiger partial charge in [-0.3, -0.25) is 14.6 Å². The molecular formula is C16H16N2O2. The van der Waals surface area contributed by atoms with Crippen molar-refractivity contribution in [1.29, 1.82) is 0 Å². The van der Waals surface area contributed by atoms with Crippen LogP contribution >= 0.6 is 0 Å². The number of nitrogens with one attached hydrogen (secondary N) is 1. The van der Waals surface area contributed by atoms with E-state index in [1.54, 1.807) is 36.7 Å². The highest BCUT2D eigenvalue weighted by atomic mass is 16.1. The predicted octanol–water partition coefficient (Wildman–Crippen LogP) is 2.86. The molecule has 0 aliphatic carbocycles. The zero-order valence-electron chi connectivity index (χ0n) is 11.3. The van der Waals surface area contributed by atoms with E-state index in [2.05, 4.69) is 10.3 Å². The Morgan fingerprint density at radius 3 is 2.75 bits per heavy atom. The summed E-state index contributed by atoms with van der Waals surface area (Å²) in [6.07, 6.45) is 4.49. The van der Waals surface area contributed by atoms with Gasteiger partial charge >= 0.3 is 0 Å². The molecule has 20 heavy (non-hydrogen) atoms. The van der Waals surface area contributed by atoms with Crippen LogP contribution in [0.3, 0.4) is 0 Å². The lowest BCUT2D eigenvalue weighted by atomic mass is 10.1. The van der Waals surface area contributed by atoms with Crippen LogP contribution in [-0.2, 0) is 11.2 Å². The monoisotopic (exact) mass is 268 g/mol. The predicted molar refractivity (Wildman–Crippen MR) is 77.6 cm³/mol. The SMILES string of the molecule is CC(=O)c1cccc(NC(=O)CCc2cccnc2)c1. The van der Waals surface area contributed by atoms with Crippen LogP contribution < -0.4 is 5.32 Å². The normalized spacial score (nSPS) is 10.1. The molecule has 0 aliphatic heterocycles. The molecule has 0 bridgehead atoms. The first-order chi connectivity index (χ1) is 9.65. The van der Waals surface area contributed by atoms with Crippen LogP contribution in [0.2, 0.25) is 0 Å². The summed E-state index contributed by atoms with van der Waals surface area (Å²) in [6, 6.07) is 10.7. The third-order valence-electron chi connectivity index (χ3n) is 2.92. The fraction of sp³-hybridized carbons (Fsp3) is 0.188. The third-order valence-corrected chi connectivity index (χ3v) is 2.92. The second-order valence-electron chi connectivity index (χ2n) is 4.55. The minimum Gasteiger partial charge on any atom is -0.326 e. The average Bonchev–Trinajstić information content (AvgIpc) is 2.46. The quantitative estimate of drug-likeness (QED) is 0.848. The van der Waals surface area contributed by atoms with Gasteiger partial charge in [0.15, 0.2) is 5.78 Å². The first-order valence-corrected chi connectivity index (χ1v) is 6.45. The number of nitrogens with zero attached hydrogens (tertiary/aromatic N) is 1. The summed E-state index contributed by atoms with van der Waals surface area (Å²) >= 11 is 0. The van der Waals surface area contributed by atoms with Crippen LogP contribution in [0.15, 0.2) is 48.8 Å². The molecule has 1 aromatic carbocycles. The number of benzene rings is 1. The van der Waals surface area contributed by atoms with Crippen LogP contribution in [0, 0.1) is 0 Å². The lowest BCUT2D eigenvalue weighted by molar-refractivity contribution is -0.116. The summed E-state index contributed by atoms with van der Waals surface area (Å²) < 4.78 is 0. The van der Waals surface area contributed by atoms with Crippen molar-refractivity contribution < 1.29 is 9.59 Å². The van der Waals surface area contributed by atoms with Crippen LogP contribution in [-0.4, -0.2) is 16.7 Å². The number of hydrogen-bond acceptors (Lipinski definition) is 3. The minimum absolute atomic E-state index is 0.0172. The number of pyridine rings is 1. The molecule has 0 spiro atoms. The van der Waals surface area contributed by atoms with Crippen molar-refractivity contribution in [2.75, 3.05) is 5.32 Å². The van der Waals surface area contributed by atoms with E-state index in [1.807, 2.05) is 12.1 Å². The Morgan fingerprint density at radius 1 is 1.20 bits per heavy atom. The maximum absolute atomic E-state index is 11.9. The highest BCUT2D eigenvalue weighted by molar-refractivity contribution is 5.97. The van der Waals surface area contributed by atoms with Crippen molar-refractivity contribution in [3.05, 3.63) is 59.9 Å². The first kappa shape index (κ1) is 13.9. The van der Waals surface area contributed by atoms with Gasteiger partial charge in [-0.1, -0.05) is 18.2 Å². The van der Waals surface area contributed by atoms with Crippen LogP contribution in [0.5, 0.6) is 0 Å². The van der Waals surface area contributed by atoms with Gasteiger partial charge in [-0.15, -0.1) is 0 Å². The Hall–Kier alpha value is -2.49. The van der Waals surface area contributed by atoms with Crippen LogP contribution in [0.25, 0.3) is 0 Å². The van der Waals surface area contributed by atoms with Crippen molar-refractivity contribution in [2.45, 2.75) is 19.8 Å². The van der Waals surface area contributed by atoms with Crippen molar-refractivity contribution in [1.82, 2.24) is 4.98 Å². The number of hydrogen-bond donors (Lipinski definition) is 1. The Balaban J connectivity index is 1.91. The van der Waals surface area contributed by atoms with Crippen LogP contribution in [0.4, 0.5) is 5.69 Å². The second-order valence-corrected chi connectivity index (χ2v) is 4.55. The fourth-order valence-corrected chi connectivity index (χ4v) is 1.84. The maximum Gasteiger partial charge on any atom is 0.224 e. The molecule has 102 valence electrons. The molecular weight excluding hydrogens is 252 g/mol. The van der Waals surface area contributed by atoms with Gasteiger partial charge in [-0.05, 0) is 37.1 Å². The second kappa shape index (κ2) is 6.61. The molecule has 4 nitrogen and oxygen atoms in total. The van der Waals surface area contributed by atoms with E-state index >= 15 is 0 Å². The van der Waals surface area contributed by atoms with E-state index < -0.39 is 0 Å². The van der Waals surface area contributed by atoms with Gasteiger partial charge in [0.1, 0.15) is 0 Å². The number of Topliss-reactive ketones (excluding diaryl/α,β-unsaturated/α-hetero) is 1. The van der Waals surface area contributed by atoms with Crippen molar-refractivity contribution in [3.63, 3.8) is 0 Å². The lowest BCUT2D eigenvalue weighted by Gasteiger charge is -2.06. The lowest BCUT2D eigenvalue weighted by Crippen LogP contribution is -2.12. The topological polar surface area (TPSA) is 59.1 Å². The third kappa shape index (κ3) is 4.02. The number of rotatable bonds is 5. The van der Waals surface area contributed by atoms with E-state index in [0.29, 0.717) is 24.1 Å². The molecule has 0 unspecified atom stereocenters. The molecule has 2 aromatic rings. The van der Waals surface area contributed by atoms with E-state index in [0.717, 1.165) is 5.56 Å². The molecule has 0 atom stereocenters. The van der Waals surface area contributed by atoms with E-state index in [-0.39, 0.29) is 11.7 Å². The zero-order valence-corrected chi connectivity index (χ0v) is 11.3. The van der Waals surface area contributed by atoms with Crippen molar-refractivity contribution >= 4 is 17.4 Å². The number of carbonyl (C=O) groups is 2. The van der Waals surface area contributed by atoms with Gasteiger partial charge in [0.05, 0.1) is 0 Å². The summed E-state index contributed by atoms with van der Waals surface area (Å²) in [5.74, 6) is -0.0917. The molecule has 0 saturated carbocycles. The first-order valence-electron chi connectivity index (χ1n) is 6.45. The highest BCUT2D eigenvalue weighted by Gasteiger charge is 2.05. The molecule has 0 radical (unpaired) electrons. The molecule has 2 rings (SSSR count). The Kier molecular flexibility index (Phi) is 4.60. The van der Waals surface area contributed by atoms with E-state index in [9.17, 15) is 9.59 Å². The summed E-state index contributed by atoms with van der Waals surface area (Å²) in [6.45, 7) is 1.50. The van der Waals surface area contributed by atoms with Gasteiger partial charge in [0, 0.05) is 30.1 Å². The Labute approximate surface area is 117 Å². The summed E-state index contributed by atoms with van der Waals surface area (Å²) in [5, 5.41) is 2.80. The smallest absolute Gasteiger partial charge is 0.224 e. The van der Waals surface area contributed by atoms with E-state index in [4.69, 9.17) is 0 Å². The number of anilines is 1.